The van der Waals surface area contributed by atoms with E-state index < -0.39 is 0 Å². The maximum atomic E-state index is 12.0. The molecule has 7 nitrogen and oxygen atoms in total. The van der Waals surface area contributed by atoms with E-state index in [0.717, 1.165) is 6.20 Å². The van der Waals surface area contributed by atoms with Gasteiger partial charge in [-0.1, -0.05) is 0 Å². The largest absolute Gasteiger partial charge is 0.369 e. The molecule has 1 aromatic heterocycles. The smallest absolute Gasteiger partial charge is 0.273 e. The lowest BCUT2D eigenvalue weighted by Crippen LogP contribution is -2.42. The van der Waals surface area contributed by atoms with Gasteiger partial charge in [0, 0.05) is 25.2 Å². The van der Waals surface area contributed by atoms with Crippen LogP contribution in [0.25, 0.3) is 0 Å². The van der Waals surface area contributed by atoms with Crippen LogP contribution < -0.4 is 11.3 Å². The molecular formula is C11H14N4O3. The minimum atomic E-state index is -0.348. The molecule has 3 N–H and O–H groups in total. The molecule has 18 heavy (non-hydrogen) atoms. The van der Waals surface area contributed by atoms with E-state index in [9.17, 15) is 14.4 Å². The number of amides is 2. The van der Waals surface area contributed by atoms with E-state index in [1.54, 1.807) is 4.90 Å². The third kappa shape index (κ3) is 2.55. The van der Waals surface area contributed by atoms with Gasteiger partial charge in [-0.15, -0.1) is 0 Å². The molecule has 0 radical (unpaired) electrons. The first-order valence-corrected chi connectivity index (χ1v) is 5.71. The molecule has 7 heteroatoms. The fourth-order valence-corrected chi connectivity index (χ4v) is 1.99. The minimum absolute atomic E-state index is 0.155. The summed E-state index contributed by atoms with van der Waals surface area (Å²) in [6.07, 6.45) is 3.52. The Bertz CT molecular complexity index is 497. The van der Waals surface area contributed by atoms with Crippen molar-refractivity contribution in [1.29, 1.82) is 0 Å². The van der Waals surface area contributed by atoms with Crippen molar-refractivity contribution in [1.82, 2.24) is 14.9 Å². The summed E-state index contributed by atoms with van der Waals surface area (Å²) in [6.45, 7) is 0.959. The Labute approximate surface area is 103 Å². The van der Waals surface area contributed by atoms with Gasteiger partial charge in [0.25, 0.3) is 11.5 Å². The van der Waals surface area contributed by atoms with Crippen molar-refractivity contribution < 1.29 is 9.59 Å². The van der Waals surface area contributed by atoms with Crippen LogP contribution in [0.2, 0.25) is 0 Å². The van der Waals surface area contributed by atoms with Gasteiger partial charge in [-0.2, -0.15) is 0 Å². The van der Waals surface area contributed by atoms with E-state index in [1.807, 2.05) is 0 Å². The molecule has 2 amide bonds. The number of carbonyl (C=O) groups excluding carboxylic acids is 2. The first-order valence-electron chi connectivity index (χ1n) is 5.71. The standard InChI is InChI=1S/C11H14N4O3/c12-10(17)7-1-3-15(4-2-7)11(18)8-5-14-9(16)6-13-8/h5-7H,1-4H2,(H2,12,17)(H,14,16). The van der Waals surface area contributed by atoms with Gasteiger partial charge in [-0.25, -0.2) is 4.98 Å². The first kappa shape index (κ1) is 12.3. The summed E-state index contributed by atoms with van der Waals surface area (Å²) in [6, 6.07) is 0. The molecule has 0 bridgehead atoms. The van der Waals surface area contributed by atoms with E-state index in [0.29, 0.717) is 25.9 Å². The summed E-state index contributed by atoms with van der Waals surface area (Å²) in [5, 5.41) is 0. The quantitative estimate of drug-likeness (QED) is 0.709. The molecule has 1 saturated heterocycles. The minimum Gasteiger partial charge on any atom is -0.369 e. The zero-order chi connectivity index (χ0) is 13.1. The highest BCUT2D eigenvalue weighted by atomic mass is 16.2. The molecule has 0 aliphatic carbocycles. The number of aromatic nitrogens is 2. The van der Waals surface area contributed by atoms with Crippen LogP contribution in [-0.2, 0) is 4.79 Å². The number of piperidine rings is 1. The van der Waals surface area contributed by atoms with Gasteiger partial charge in [0.1, 0.15) is 5.69 Å². The predicted octanol–water partition coefficient (Wildman–Crippen LogP) is -0.893. The van der Waals surface area contributed by atoms with Crippen LogP contribution in [0.4, 0.5) is 0 Å². The molecule has 0 saturated carbocycles. The lowest BCUT2D eigenvalue weighted by molar-refractivity contribution is -0.123. The summed E-state index contributed by atoms with van der Waals surface area (Å²) >= 11 is 0. The van der Waals surface area contributed by atoms with E-state index in [-0.39, 0.29) is 29.0 Å². The fraction of sp³-hybridized carbons (Fsp3) is 0.455. The Hall–Kier alpha value is -2.18. The molecule has 0 spiro atoms. The third-order valence-electron chi connectivity index (χ3n) is 3.08. The number of nitrogens with one attached hydrogen (secondary N) is 1. The van der Waals surface area contributed by atoms with Crippen LogP contribution in [0.15, 0.2) is 17.2 Å². The van der Waals surface area contributed by atoms with Crippen molar-refractivity contribution in [3.63, 3.8) is 0 Å². The number of likely N-dealkylation sites (tertiary alicyclic amines) is 1. The number of aromatic amines is 1. The molecule has 0 aromatic carbocycles. The number of rotatable bonds is 2. The van der Waals surface area contributed by atoms with E-state index in [4.69, 9.17) is 5.73 Å². The fourth-order valence-electron chi connectivity index (χ4n) is 1.99. The Kier molecular flexibility index (Phi) is 3.40. The number of nitrogens with two attached hydrogens (primary N) is 1. The zero-order valence-corrected chi connectivity index (χ0v) is 9.76. The van der Waals surface area contributed by atoms with Gasteiger partial charge in [0.15, 0.2) is 0 Å². The van der Waals surface area contributed by atoms with Crippen molar-refractivity contribution in [3.05, 3.63) is 28.4 Å². The average Bonchev–Trinajstić information content (AvgIpc) is 2.39. The Morgan fingerprint density at radius 1 is 1.39 bits per heavy atom. The highest BCUT2D eigenvalue weighted by Gasteiger charge is 2.26. The molecule has 1 aliphatic heterocycles. The van der Waals surface area contributed by atoms with Gasteiger partial charge in [-0.05, 0) is 12.8 Å². The molecule has 0 atom stereocenters. The third-order valence-corrected chi connectivity index (χ3v) is 3.08. The average molecular weight is 250 g/mol. The molecule has 0 unspecified atom stereocenters. The molecule has 1 aliphatic rings. The second-order valence-corrected chi connectivity index (χ2v) is 4.27. The normalized spacial score (nSPS) is 16.6. The molecule has 2 rings (SSSR count). The van der Waals surface area contributed by atoms with Gasteiger partial charge in [-0.3, -0.25) is 14.4 Å². The van der Waals surface area contributed by atoms with Gasteiger partial charge in [0.2, 0.25) is 5.91 Å². The van der Waals surface area contributed by atoms with E-state index in [1.165, 1.54) is 6.20 Å². The van der Waals surface area contributed by atoms with Crippen molar-refractivity contribution in [3.8, 4) is 0 Å². The SMILES string of the molecule is NC(=O)C1CCN(C(=O)c2c[nH]c(=O)cn2)CC1. The topological polar surface area (TPSA) is 109 Å². The predicted molar refractivity (Wildman–Crippen MR) is 62.7 cm³/mol. The number of nitrogens with zero attached hydrogens (tertiary/aromatic N) is 2. The van der Waals surface area contributed by atoms with Crippen molar-refractivity contribution in [2.75, 3.05) is 13.1 Å². The summed E-state index contributed by atoms with van der Waals surface area (Å²) in [5.41, 5.74) is 5.07. The highest BCUT2D eigenvalue weighted by molar-refractivity contribution is 5.92. The van der Waals surface area contributed by atoms with Crippen LogP contribution in [-0.4, -0.2) is 39.8 Å². The molecule has 1 aromatic rings. The molecule has 2 heterocycles. The van der Waals surface area contributed by atoms with Crippen molar-refractivity contribution in [2.24, 2.45) is 11.7 Å². The first-order chi connectivity index (χ1) is 8.58. The number of H-pyrrole nitrogens is 1. The Balaban J connectivity index is 2.01. The van der Waals surface area contributed by atoms with Crippen LogP contribution in [0.5, 0.6) is 0 Å². The van der Waals surface area contributed by atoms with Crippen LogP contribution in [0, 0.1) is 5.92 Å². The van der Waals surface area contributed by atoms with Crippen molar-refractivity contribution in [2.45, 2.75) is 12.8 Å². The molecule has 1 fully saturated rings. The van der Waals surface area contributed by atoms with Gasteiger partial charge >= 0.3 is 0 Å². The van der Waals surface area contributed by atoms with E-state index >= 15 is 0 Å². The van der Waals surface area contributed by atoms with E-state index in [2.05, 4.69) is 9.97 Å². The Morgan fingerprint density at radius 2 is 2.06 bits per heavy atom. The monoisotopic (exact) mass is 250 g/mol. The Morgan fingerprint density at radius 3 is 2.56 bits per heavy atom. The van der Waals surface area contributed by atoms with Crippen LogP contribution >= 0.6 is 0 Å². The lowest BCUT2D eigenvalue weighted by atomic mass is 9.96. The maximum absolute atomic E-state index is 12.0. The summed E-state index contributed by atoms with van der Waals surface area (Å²) in [7, 11) is 0. The number of carbonyl (C=O) groups is 2. The number of hydrogen-bond donors (Lipinski definition) is 2. The number of hydrogen-bond acceptors (Lipinski definition) is 4. The molecule has 96 valence electrons. The molecular weight excluding hydrogens is 236 g/mol. The van der Waals surface area contributed by atoms with Gasteiger partial charge < -0.3 is 15.6 Å². The second kappa shape index (κ2) is 4.99. The highest BCUT2D eigenvalue weighted by Crippen LogP contribution is 2.17. The number of primary amides is 1. The lowest BCUT2D eigenvalue weighted by Gasteiger charge is -2.30. The van der Waals surface area contributed by atoms with Gasteiger partial charge in [0.05, 0.1) is 6.20 Å². The zero-order valence-electron chi connectivity index (χ0n) is 9.76. The van der Waals surface area contributed by atoms with Crippen molar-refractivity contribution >= 4 is 11.8 Å². The van der Waals surface area contributed by atoms with Crippen LogP contribution in [0.3, 0.4) is 0 Å². The van der Waals surface area contributed by atoms with Crippen LogP contribution in [0.1, 0.15) is 23.3 Å². The summed E-state index contributed by atoms with van der Waals surface area (Å²) in [5.74, 6) is -0.712. The summed E-state index contributed by atoms with van der Waals surface area (Å²) < 4.78 is 0. The summed E-state index contributed by atoms with van der Waals surface area (Å²) in [4.78, 5) is 41.7. The maximum Gasteiger partial charge on any atom is 0.273 e. The second-order valence-electron chi connectivity index (χ2n) is 4.27.